The van der Waals surface area contributed by atoms with Gasteiger partial charge in [0.1, 0.15) is 35.6 Å². The van der Waals surface area contributed by atoms with Crippen LogP contribution in [-0.4, -0.2) is 87.9 Å². The number of phenols is 1. The van der Waals surface area contributed by atoms with Crippen LogP contribution in [0, 0.1) is 12.0 Å². The fourth-order valence-electron chi connectivity index (χ4n) is 8.72. The van der Waals surface area contributed by atoms with Crippen LogP contribution in [0.2, 0.25) is 0 Å². The quantitative estimate of drug-likeness (QED) is 0.164. The number of amides is 1. The summed E-state index contributed by atoms with van der Waals surface area (Å²) in [6, 6.07) is 18.4. The smallest absolute Gasteiger partial charge is 0.254 e. The minimum atomic E-state index is -1.56. The summed E-state index contributed by atoms with van der Waals surface area (Å²) in [4.78, 5) is 32.9. The number of aromatic amines is 1. The van der Waals surface area contributed by atoms with E-state index in [1.807, 2.05) is 42.6 Å². The maximum Gasteiger partial charge on any atom is 0.254 e. The number of ketones is 1. The topological polar surface area (TPSA) is 160 Å². The first-order valence-electron chi connectivity index (χ1n) is 19.0. The summed E-state index contributed by atoms with van der Waals surface area (Å²) in [7, 11) is 1.51. The number of Topliss-reactive ketones (excluding diaryl/α,β-unsaturated/α-hetero) is 1. The van der Waals surface area contributed by atoms with Gasteiger partial charge in [-0.05, 0) is 65.1 Å². The lowest BCUT2D eigenvalue weighted by atomic mass is 9.87. The Labute approximate surface area is 322 Å². The van der Waals surface area contributed by atoms with Gasteiger partial charge in [0.15, 0.2) is 18.0 Å². The Kier molecular flexibility index (Phi) is 9.55. The van der Waals surface area contributed by atoms with Gasteiger partial charge in [-0.25, -0.2) is 0 Å². The third kappa shape index (κ3) is 6.40. The fraction of sp³-hybridized carbons (Fsp3) is 0.364. The van der Waals surface area contributed by atoms with Crippen molar-refractivity contribution in [3.8, 4) is 29.3 Å². The number of benzene rings is 4. The predicted molar refractivity (Wildman–Crippen MR) is 204 cm³/mol. The number of carbonyl (C=O) groups is 2. The van der Waals surface area contributed by atoms with Crippen LogP contribution in [0.3, 0.4) is 0 Å². The molecule has 1 saturated heterocycles. The molecule has 1 aromatic heterocycles. The van der Waals surface area contributed by atoms with E-state index >= 15 is 0 Å². The van der Waals surface area contributed by atoms with E-state index in [1.165, 1.54) is 12.0 Å². The third-order valence-corrected chi connectivity index (χ3v) is 11.6. The lowest BCUT2D eigenvalue weighted by Gasteiger charge is -2.41. The van der Waals surface area contributed by atoms with Gasteiger partial charge in [0, 0.05) is 47.3 Å². The zero-order valence-electron chi connectivity index (χ0n) is 30.8. The number of aromatic hydroxyl groups is 1. The van der Waals surface area contributed by atoms with Crippen LogP contribution >= 0.6 is 0 Å². The molecule has 1 amide bonds. The number of nitrogens with one attached hydrogen (secondary N) is 1. The molecule has 12 heteroatoms. The molecule has 12 nitrogen and oxygen atoms in total. The number of fused-ring (bicyclic) bond motifs is 5. The molecule has 1 saturated carbocycles. The second kappa shape index (κ2) is 14.8. The van der Waals surface area contributed by atoms with Gasteiger partial charge < -0.3 is 48.9 Å². The number of rotatable bonds is 6. The minimum absolute atomic E-state index is 0.0299. The Morgan fingerprint density at radius 3 is 2.68 bits per heavy atom. The van der Waals surface area contributed by atoms with Crippen LogP contribution < -0.4 is 9.47 Å². The van der Waals surface area contributed by atoms with Crippen molar-refractivity contribution in [2.24, 2.45) is 0 Å². The number of carbonyl (C=O) groups excluding carboxylic acids is 2. The van der Waals surface area contributed by atoms with Gasteiger partial charge in [-0.1, -0.05) is 49.1 Å². The highest BCUT2D eigenvalue weighted by molar-refractivity contribution is 6.11. The summed E-state index contributed by atoms with van der Waals surface area (Å²) in [6.07, 6.45) is 1.73. The SMILES string of the molecule is COc1cc2c3c(O)c(c(C4CCCC4)cc3c1)C(=O)CN1Cc3c(cccc3C1=O)CC#CO[C@@H]1[C@@H](O)[C@@H](O2)O[C@H](COCc2c[nH]c3ccccc23)[C@H]1O. The van der Waals surface area contributed by atoms with E-state index in [1.54, 1.807) is 24.3 Å². The predicted octanol–water partition coefficient (Wildman–Crippen LogP) is 5.48. The molecule has 3 aliphatic heterocycles. The van der Waals surface area contributed by atoms with Crippen molar-refractivity contribution in [3.05, 3.63) is 100 Å². The standard InChI is InChI=1S/C44H42N2O10/c1-52-28-16-26-17-31(24-8-2-3-9-24)38-34(47)21-46-20-32-25(10-6-13-30(32)43(46)51)11-7-15-54-42-39(48)36(23-53-22-27-19-45-33-14-5-4-12-29(27)33)56-44(41(42)50)55-35(18-28)37(26)40(38)49/h4-6,10,12-14,16-19,24,36,39,41-42,44-45,48-50H,2-3,8-9,11,20-23H2,1H3/t36-,39-,41-,42+,44+/m1/s1. The van der Waals surface area contributed by atoms with Crippen molar-refractivity contribution >= 4 is 33.4 Å². The Bertz CT molecular complexity index is 2410. The van der Waals surface area contributed by atoms with Crippen molar-refractivity contribution in [3.63, 3.8) is 0 Å². The number of phenolic OH excluding ortho intramolecular Hbond substituents is 1. The Hall–Kier alpha value is -5.58. The average Bonchev–Trinajstić information content (AvgIpc) is 3.96. The van der Waals surface area contributed by atoms with E-state index in [9.17, 15) is 24.9 Å². The molecule has 0 spiro atoms. The van der Waals surface area contributed by atoms with E-state index in [-0.39, 0.29) is 67.0 Å². The van der Waals surface area contributed by atoms with Crippen LogP contribution in [-0.2, 0) is 33.8 Å². The molecular formula is C44H42N2O10. The van der Waals surface area contributed by atoms with E-state index < -0.39 is 36.5 Å². The molecule has 0 radical (unpaired) electrons. The summed E-state index contributed by atoms with van der Waals surface area (Å²) in [5, 5.41) is 37.3. The molecular weight excluding hydrogens is 716 g/mol. The van der Waals surface area contributed by atoms with Crippen molar-refractivity contribution in [2.45, 2.75) is 81.9 Å². The Morgan fingerprint density at radius 2 is 1.84 bits per heavy atom. The summed E-state index contributed by atoms with van der Waals surface area (Å²) < 4.78 is 30.3. The number of H-pyrrole nitrogens is 1. The Balaban J connectivity index is 1.13. The Morgan fingerprint density at radius 1 is 1.00 bits per heavy atom. The highest BCUT2D eigenvalue weighted by Gasteiger charge is 2.48. The van der Waals surface area contributed by atoms with Crippen LogP contribution in [0.5, 0.6) is 17.2 Å². The highest BCUT2D eigenvalue weighted by atomic mass is 16.7. The summed E-state index contributed by atoms with van der Waals surface area (Å²) in [5.74, 6) is 2.53. The maximum absolute atomic E-state index is 14.4. The van der Waals surface area contributed by atoms with Crippen molar-refractivity contribution in [2.75, 3.05) is 20.3 Å². The van der Waals surface area contributed by atoms with E-state index in [2.05, 4.69) is 17.0 Å². The van der Waals surface area contributed by atoms with Gasteiger partial charge in [0.2, 0.25) is 6.29 Å². The van der Waals surface area contributed by atoms with E-state index in [0.29, 0.717) is 22.3 Å². The van der Waals surface area contributed by atoms with Gasteiger partial charge in [-0.2, -0.15) is 0 Å². The zero-order chi connectivity index (χ0) is 38.5. The molecule has 4 aromatic carbocycles. The number of nitrogens with zero attached hydrogens (tertiary/aromatic N) is 1. The van der Waals surface area contributed by atoms with Gasteiger partial charge in [-0.3, -0.25) is 9.59 Å². The normalized spacial score (nSPS) is 23.8. The van der Waals surface area contributed by atoms with Crippen molar-refractivity contribution in [1.82, 2.24) is 9.88 Å². The molecule has 5 atom stereocenters. The first-order chi connectivity index (χ1) is 27.3. The first kappa shape index (κ1) is 36.1. The van der Waals surface area contributed by atoms with E-state index in [4.69, 9.17) is 23.7 Å². The van der Waals surface area contributed by atoms with Gasteiger partial charge in [0.25, 0.3) is 5.91 Å². The molecule has 288 valence electrons. The molecule has 4 heterocycles. The molecule has 4 N–H and O–H groups in total. The number of aliphatic hydroxyl groups is 2. The number of aromatic nitrogens is 1. The number of methoxy groups -OCH3 is 1. The molecule has 4 aliphatic rings. The van der Waals surface area contributed by atoms with Crippen LogP contribution in [0.1, 0.15) is 74.6 Å². The largest absolute Gasteiger partial charge is 0.506 e. The summed E-state index contributed by atoms with van der Waals surface area (Å²) in [5.41, 5.74) is 4.79. The number of hydrogen-bond acceptors (Lipinski definition) is 10. The second-order valence-corrected chi connectivity index (χ2v) is 15.0. The third-order valence-electron chi connectivity index (χ3n) is 11.6. The fourth-order valence-corrected chi connectivity index (χ4v) is 8.72. The van der Waals surface area contributed by atoms with Gasteiger partial charge in [0.05, 0.1) is 37.8 Å². The van der Waals surface area contributed by atoms with Crippen LogP contribution in [0.15, 0.2) is 66.9 Å². The number of ether oxygens (including phenoxy) is 5. The highest BCUT2D eigenvalue weighted by Crippen LogP contribution is 2.47. The van der Waals surface area contributed by atoms with Crippen molar-refractivity contribution in [1.29, 1.82) is 0 Å². The molecule has 9 rings (SSSR count). The maximum atomic E-state index is 14.4. The lowest BCUT2D eigenvalue weighted by Crippen LogP contribution is -2.60. The average molecular weight is 759 g/mol. The van der Waals surface area contributed by atoms with E-state index in [0.717, 1.165) is 53.3 Å². The molecule has 2 fully saturated rings. The van der Waals surface area contributed by atoms with Gasteiger partial charge in [-0.15, -0.1) is 0 Å². The van der Waals surface area contributed by atoms with Crippen LogP contribution in [0.25, 0.3) is 21.7 Å². The minimum Gasteiger partial charge on any atom is -0.506 e. The molecule has 0 unspecified atom stereocenters. The monoisotopic (exact) mass is 758 g/mol. The van der Waals surface area contributed by atoms with Gasteiger partial charge >= 0.3 is 0 Å². The number of aliphatic hydroxyl groups excluding tert-OH is 2. The van der Waals surface area contributed by atoms with Crippen molar-refractivity contribution < 1.29 is 48.6 Å². The molecule has 56 heavy (non-hydrogen) atoms. The first-order valence-corrected chi connectivity index (χ1v) is 19.0. The summed E-state index contributed by atoms with van der Waals surface area (Å²) in [6.45, 7) is 0.0916. The number of para-hydroxylation sites is 1. The lowest BCUT2D eigenvalue weighted by molar-refractivity contribution is -0.279. The molecule has 6 bridgehead atoms. The zero-order valence-corrected chi connectivity index (χ0v) is 30.8. The van der Waals surface area contributed by atoms with Crippen LogP contribution in [0.4, 0.5) is 0 Å². The summed E-state index contributed by atoms with van der Waals surface area (Å²) >= 11 is 0. The molecule has 1 aliphatic carbocycles. The second-order valence-electron chi connectivity index (χ2n) is 15.0. The molecule has 5 aromatic rings. The number of hydrogen-bond donors (Lipinski definition) is 4.